The molecule has 0 fully saturated rings. The average Bonchev–Trinajstić information content (AvgIpc) is 3.07. The molecule has 0 radical (unpaired) electrons. The van der Waals surface area contributed by atoms with E-state index in [9.17, 15) is 0 Å². The zero-order valence-electron chi connectivity index (χ0n) is 12.6. The zero-order valence-corrected chi connectivity index (χ0v) is 13.5. The van der Waals surface area contributed by atoms with Gasteiger partial charge in [0, 0.05) is 22.9 Å². The number of nitrogens with zero attached hydrogens (tertiary/aromatic N) is 1. The molecule has 1 aromatic carbocycles. The number of furan rings is 1. The Kier molecular flexibility index (Phi) is 4.08. The maximum Gasteiger partial charge on any atom is 0.134 e. The fourth-order valence-corrected chi connectivity index (χ4v) is 3.28. The van der Waals surface area contributed by atoms with E-state index in [-0.39, 0.29) is 6.04 Å². The summed E-state index contributed by atoms with van der Waals surface area (Å²) >= 11 is 1.69. The van der Waals surface area contributed by atoms with Crippen molar-refractivity contribution in [2.24, 2.45) is 0 Å². The second kappa shape index (κ2) is 6.00. The second-order valence-electron chi connectivity index (χ2n) is 5.26. The third-order valence-corrected chi connectivity index (χ3v) is 4.55. The fourth-order valence-electron chi connectivity index (χ4n) is 2.67. The number of aromatic nitrogens is 1. The monoisotopic (exact) mass is 300 g/mol. The van der Waals surface area contributed by atoms with Crippen molar-refractivity contribution >= 4 is 22.3 Å². The number of hydrogen-bond acceptors (Lipinski definition) is 4. The molecule has 1 atom stereocenters. The lowest BCUT2D eigenvalue weighted by molar-refractivity contribution is 0.444. The summed E-state index contributed by atoms with van der Waals surface area (Å²) in [6.45, 7) is 7.13. The Balaban J connectivity index is 1.82. The van der Waals surface area contributed by atoms with Crippen LogP contribution in [0.3, 0.4) is 0 Å². The summed E-state index contributed by atoms with van der Waals surface area (Å²) in [6, 6.07) is 8.43. The van der Waals surface area contributed by atoms with Crippen LogP contribution in [-0.4, -0.2) is 4.98 Å². The van der Waals surface area contributed by atoms with Gasteiger partial charge in [-0.25, -0.2) is 4.98 Å². The highest BCUT2D eigenvalue weighted by atomic mass is 32.1. The Bertz CT molecular complexity index is 744. The second-order valence-corrected chi connectivity index (χ2v) is 6.32. The number of nitrogens with one attached hydrogen (secondary N) is 1. The first-order valence-corrected chi connectivity index (χ1v) is 8.21. The van der Waals surface area contributed by atoms with Gasteiger partial charge < -0.3 is 9.73 Å². The highest BCUT2D eigenvalue weighted by molar-refractivity contribution is 7.09. The number of thiazole rings is 1. The van der Waals surface area contributed by atoms with E-state index < -0.39 is 0 Å². The Morgan fingerprint density at radius 2 is 2.14 bits per heavy atom. The third kappa shape index (κ3) is 2.87. The predicted molar refractivity (Wildman–Crippen MR) is 87.7 cm³/mol. The number of rotatable bonds is 5. The first kappa shape index (κ1) is 14.3. The van der Waals surface area contributed by atoms with Crippen molar-refractivity contribution in [2.75, 3.05) is 0 Å². The minimum atomic E-state index is 0.175. The molecule has 4 heteroatoms. The summed E-state index contributed by atoms with van der Waals surface area (Å²) < 4.78 is 6.07. The summed E-state index contributed by atoms with van der Waals surface area (Å²) in [5.41, 5.74) is 3.38. The van der Waals surface area contributed by atoms with Crippen molar-refractivity contribution in [3.63, 3.8) is 0 Å². The van der Waals surface area contributed by atoms with E-state index in [1.807, 2.05) is 19.1 Å². The molecule has 2 heterocycles. The minimum absolute atomic E-state index is 0.175. The number of benzene rings is 1. The van der Waals surface area contributed by atoms with Gasteiger partial charge in [-0.15, -0.1) is 11.3 Å². The van der Waals surface area contributed by atoms with E-state index in [1.165, 1.54) is 10.9 Å². The molecule has 21 heavy (non-hydrogen) atoms. The van der Waals surface area contributed by atoms with Crippen LogP contribution in [0.5, 0.6) is 0 Å². The quantitative estimate of drug-likeness (QED) is 0.747. The first-order valence-electron chi connectivity index (χ1n) is 7.33. The topological polar surface area (TPSA) is 38.1 Å². The molecule has 0 spiro atoms. The van der Waals surface area contributed by atoms with Gasteiger partial charge in [0.2, 0.25) is 0 Å². The molecule has 2 aromatic heterocycles. The van der Waals surface area contributed by atoms with Gasteiger partial charge in [0.15, 0.2) is 0 Å². The molecule has 1 unspecified atom stereocenters. The largest absolute Gasteiger partial charge is 0.459 e. The van der Waals surface area contributed by atoms with Crippen LogP contribution in [0.15, 0.2) is 34.1 Å². The Morgan fingerprint density at radius 3 is 2.86 bits per heavy atom. The molecule has 0 aliphatic heterocycles. The van der Waals surface area contributed by atoms with Crippen LogP contribution >= 0.6 is 11.3 Å². The van der Waals surface area contributed by atoms with Gasteiger partial charge in [-0.1, -0.05) is 25.1 Å². The van der Waals surface area contributed by atoms with E-state index >= 15 is 0 Å². The van der Waals surface area contributed by atoms with Crippen molar-refractivity contribution < 1.29 is 4.42 Å². The van der Waals surface area contributed by atoms with Gasteiger partial charge in [0.05, 0.1) is 16.7 Å². The van der Waals surface area contributed by atoms with E-state index in [1.54, 1.807) is 11.3 Å². The smallest absolute Gasteiger partial charge is 0.134 e. The highest BCUT2D eigenvalue weighted by Crippen LogP contribution is 2.30. The van der Waals surface area contributed by atoms with Crippen molar-refractivity contribution in [1.29, 1.82) is 0 Å². The van der Waals surface area contributed by atoms with Crippen molar-refractivity contribution in [2.45, 2.75) is 39.8 Å². The number of aryl methyl sites for hydroxylation is 2. The Hall–Kier alpha value is -1.65. The maximum atomic E-state index is 6.07. The molecule has 3 rings (SSSR count). The van der Waals surface area contributed by atoms with E-state index in [4.69, 9.17) is 4.42 Å². The lowest BCUT2D eigenvalue weighted by atomic mass is 10.1. The molecule has 1 N–H and O–H groups in total. The van der Waals surface area contributed by atoms with E-state index in [0.717, 1.165) is 35.0 Å². The molecular weight excluding hydrogens is 280 g/mol. The van der Waals surface area contributed by atoms with Gasteiger partial charge in [0.25, 0.3) is 0 Å². The SMILES string of the molecule is CCc1c(C(C)NCc2csc(C)n2)oc2ccccc12. The van der Waals surface area contributed by atoms with Crippen LogP contribution in [0.1, 0.15) is 41.9 Å². The Labute approximate surface area is 129 Å². The average molecular weight is 300 g/mol. The molecule has 0 amide bonds. The summed E-state index contributed by atoms with van der Waals surface area (Å²) in [6.07, 6.45) is 0.980. The van der Waals surface area contributed by atoms with Gasteiger partial charge in [-0.3, -0.25) is 0 Å². The highest BCUT2D eigenvalue weighted by Gasteiger charge is 2.17. The fraction of sp³-hybridized carbons (Fsp3) is 0.353. The van der Waals surface area contributed by atoms with E-state index in [2.05, 4.69) is 41.7 Å². The summed E-state index contributed by atoms with van der Waals surface area (Å²) in [5, 5.41) is 7.96. The van der Waals surface area contributed by atoms with Crippen LogP contribution in [-0.2, 0) is 13.0 Å². The molecule has 0 saturated carbocycles. The summed E-state index contributed by atoms with van der Waals surface area (Å²) in [4.78, 5) is 4.49. The number of fused-ring (bicyclic) bond motifs is 1. The van der Waals surface area contributed by atoms with Crippen LogP contribution in [0, 0.1) is 6.92 Å². The van der Waals surface area contributed by atoms with Crippen molar-refractivity contribution in [1.82, 2.24) is 10.3 Å². The van der Waals surface area contributed by atoms with Gasteiger partial charge in [-0.05, 0) is 26.3 Å². The molecule has 3 nitrogen and oxygen atoms in total. The molecule has 0 saturated heterocycles. The molecule has 3 aromatic rings. The lowest BCUT2D eigenvalue weighted by Crippen LogP contribution is -2.18. The van der Waals surface area contributed by atoms with Gasteiger partial charge in [0.1, 0.15) is 11.3 Å². The van der Waals surface area contributed by atoms with E-state index in [0.29, 0.717) is 0 Å². The maximum absolute atomic E-state index is 6.07. The number of para-hydroxylation sites is 1. The minimum Gasteiger partial charge on any atom is -0.459 e. The molecule has 0 aliphatic rings. The predicted octanol–water partition coefficient (Wildman–Crippen LogP) is 4.61. The molecule has 110 valence electrons. The van der Waals surface area contributed by atoms with Crippen LogP contribution in [0.2, 0.25) is 0 Å². The molecular formula is C17H20N2OS. The van der Waals surface area contributed by atoms with Crippen LogP contribution in [0.4, 0.5) is 0 Å². The van der Waals surface area contributed by atoms with Crippen LogP contribution < -0.4 is 5.32 Å². The Morgan fingerprint density at radius 1 is 1.33 bits per heavy atom. The van der Waals surface area contributed by atoms with Gasteiger partial charge >= 0.3 is 0 Å². The van der Waals surface area contributed by atoms with Crippen molar-refractivity contribution in [3.8, 4) is 0 Å². The standard InChI is InChI=1S/C17H20N2OS/c1-4-14-15-7-5-6-8-16(15)20-17(14)11(2)18-9-13-10-21-12(3)19-13/h5-8,10-11,18H,4,9H2,1-3H3. The molecule has 0 aliphatic carbocycles. The first-order chi connectivity index (χ1) is 10.2. The van der Waals surface area contributed by atoms with Crippen LogP contribution in [0.25, 0.3) is 11.0 Å². The lowest BCUT2D eigenvalue weighted by Gasteiger charge is -2.12. The third-order valence-electron chi connectivity index (χ3n) is 3.73. The summed E-state index contributed by atoms with van der Waals surface area (Å²) in [5.74, 6) is 1.05. The number of hydrogen-bond donors (Lipinski definition) is 1. The normalized spacial score (nSPS) is 12.9. The van der Waals surface area contributed by atoms with Crippen molar-refractivity contribution in [3.05, 3.63) is 51.7 Å². The van der Waals surface area contributed by atoms with Gasteiger partial charge in [-0.2, -0.15) is 0 Å². The zero-order chi connectivity index (χ0) is 14.8. The molecule has 0 bridgehead atoms. The summed E-state index contributed by atoms with van der Waals surface area (Å²) in [7, 11) is 0.